The normalized spacial score (nSPS) is 23.3. The summed E-state index contributed by atoms with van der Waals surface area (Å²) in [7, 11) is 0. The van der Waals surface area contributed by atoms with Gasteiger partial charge in [-0.2, -0.15) is 0 Å². The highest BCUT2D eigenvalue weighted by Crippen LogP contribution is 2.29. The van der Waals surface area contributed by atoms with E-state index < -0.39 is 11.9 Å². The fraction of sp³-hybridized carbons (Fsp3) is 0.471. The first-order valence-electron chi connectivity index (χ1n) is 7.13. The molecule has 0 amide bonds. The zero-order chi connectivity index (χ0) is 15.5. The molecule has 21 heavy (non-hydrogen) atoms. The Labute approximate surface area is 125 Å². The van der Waals surface area contributed by atoms with Crippen LogP contribution in [0.5, 0.6) is 0 Å². The molecule has 4 heteroatoms. The predicted octanol–water partition coefficient (Wildman–Crippen LogP) is 3.19. The molecule has 0 bridgehead atoms. The standard InChI is InChI=1S/C17H22O4/c1-5-12(2)15(14-11-19-17(3,4)21-14)20-16(18)13-9-7-6-8-10-13/h5-10,12,14-15H,1,11H2,2-4H3/t12-,14+,15-/m0/s1. The number of ether oxygens (including phenoxy) is 3. The van der Waals surface area contributed by atoms with Crippen LogP contribution in [0.1, 0.15) is 31.1 Å². The highest BCUT2D eigenvalue weighted by Gasteiger charge is 2.40. The van der Waals surface area contributed by atoms with Gasteiger partial charge in [0, 0.05) is 5.92 Å². The van der Waals surface area contributed by atoms with Crippen LogP contribution in [0.3, 0.4) is 0 Å². The average Bonchev–Trinajstić information content (AvgIpc) is 2.84. The van der Waals surface area contributed by atoms with Crippen molar-refractivity contribution < 1.29 is 19.0 Å². The summed E-state index contributed by atoms with van der Waals surface area (Å²) >= 11 is 0. The van der Waals surface area contributed by atoms with Crippen LogP contribution >= 0.6 is 0 Å². The number of carbonyl (C=O) groups excluding carboxylic acids is 1. The first-order chi connectivity index (χ1) is 9.93. The maximum Gasteiger partial charge on any atom is 0.338 e. The third-order valence-corrected chi connectivity index (χ3v) is 3.54. The number of carbonyl (C=O) groups is 1. The molecule has 1 heterocycles. The van der Waals surface area contributed by atoms with Gasteiger partial charge in [-0.3, -0.25) is 0 Å². The summed E-state index contributed by atoms with van der Waals surface area (Å²) in [6, 6.07) is 8.93. The van der Waals surface area contributed by atoms with Crippen LogP contribution in [0.2, 0.25) is 0 Å². The van der Waals surface area contributed by atoms with E-state index in [4.69, 9.17) is 14.2 Å². The minimum atomic E-state index is -0.650. The molecular formula is C17H22O4. The van der Waals surface area contributed by atoms with Crippen LogP contribution in [-0.4, -0.2) is 30.6 Å². The zero-order valence-corrected chi connectivity index (χ0v) is 12.7. The van der Waals surface area contributed by atoms with Gasteiger partial charge in [0.2, 0.25) is 0 Å². The Kier molecular flexibility index (Phi) is 4.80. The second-order valence-corrected chi connectivity index (χ2v) is 5.70. The maximum atomic E-state index is 12.2. The Morgan fingerprint density at radius 1 is 1.43 bits per heavy atom. The molecule has 1 fully saturated rings. The van der Waals surface area contributed by atoms with Gasteiger partial charge in [-0.15, -0.1) is 6.58 Å². The molecule has 1 aliphatic rings. The summed E-state index contributed by atoms with van der Waals surface area (Å²) < 4.78 is 17.0. The van der Waals surface area contributed by atoms with Crippen LogP contribution in [-0.2, 0) is 14.2 Å². The molecule has 0 saturated carbocycles. The minimum absolute atomic E-state index is 0.0276. The van der Waals surface area contributed by atoms with Crippen LogP contribution in [0, 0.1) is 5.92 Å². The Hall–Kier alpha value is -1.65. The number of benzene rings is 1. The molecule has 0 unspecified atom stereocenters. The van der Waals surface area contributed by atoms with E-state index in [2.05, 4.69) is 6.58 Å². The van der Waals surface area contributed by atoms with Gasteiger partial charge in [0.15, 0.2) is 5.79 Å². The van der Waals surface area contributed by atoms with Crippen molar-refractivity contribution in [3.63, 3.8) is 0 Å². The molecule has 0 radical (unpaired) electrons. The Bertz CT molecular complexity index is 495. The van der Waals surface area contributed by atoms with E-state index in [0.717, 1.165) is 0 Å². The van der Waals surface area contributed by atoms with Gasteiger partial charge in [-0.25, -0.2) is 4.79 Å². The Morgan fingerprint density at radius 2 is 2.10 bits per heavy atom. The number of rotatable bonds is 5. The molecule has 0 spiro atoms. The molecule has 1 aromatic carbocycles. The van der Waals surface area contributed by atoms with Crippen molar-refractivity contribution in [3.05, 3.63) is 48.6 Å². The summed E-state index contributed by atoms with van der Waals surface area (Å²) in [4.78, 5) is 12.2. The summed E-state index contributed by atoms with van der Waals surface area (Å²) in [5, 5.41) is 0. The monoisotopic (exact) mass is 290 g/mol. The summed E-state index contributed by atoms with van der Waals surface area (Å²) in [6.45, 7) is 9.83. The lowest BCUT2D eigenvalue weighted by Gasteiger charge is -2.27. The molecule has 3 atom stereocenters. The predicted molar refractivity (Wildman–Crippen MR) is 79.9 cm³/mol. The second kappa shape index (κ2) is 6.41. The van der Waals surface area contributed by atoms with Crippen molar-refractivity contribution in [2.45, 2.75) is 38.8 Å². The molecule has 1 aliphatic heterocycles. The van der Waals surface area contributed by atoms with Crippen molar-refractivity contribution in [1.29, 1.82) is 0 Å². The van der Waals surface area contributed by atoms with Crippen molar-refractivity contribution in [2.24, 2.45) is 5.92 Å². The van der Waals surface area contributed by atoms with Crippen LogP contribution in [0.4, 0.5) is 0 Å². The minimum Gasteiger partial charge on any atom is -0.455 e. The number of esters is 1. The highest BCUT2D eigenvalue weighted by molar-refractivity contribution is 5.89. The quantitative estimate of drug-likeness (QED) is 0.617. The first kappa shape index (κ1) is 15.7. The second-order valence-electron chi connectivity index (χ2n) is 5.70. The van der Waals surface area contributed by atoms with E-state index in [1.54, 1.807) is 30.3 Å². The topological polar surface area (TPSA) is 44.8 Å². The smallest absolute Gasteiger partial charge is 0.338 e. The Balaban J connectivity index is 2.11. The van der Waals surface area contributed by atoms with E-state index in [9.17, 15) is 4.79 Å². The molecule has 0 N–H and O–H groups in total. The SMILES string of the molecule is C=C[C@H](C)[C@H](OC(=O)c1ccccc1)[C@H]1COC(C)(C)O1. The van der Waals surface area contributed by atoms with Crippen LogP contribution in [0.15, 0.2) is 43.0 Å². The highest BCUT2D eigenvalue weighted by atomic mass is 16.8. The van der Waals surface area contributed by atoms with Gasteiger partial charge in [-0.05, 0) is 26.0 Å². The number of hydrogen-bond donors (Lipinski definition) is 0. The third-order valence-electron chi connectivity index (χ3n) is 3.54. The van der Waals surface area contributed by atoms with Crippen LogP contribution in [0.25, 0.3) is 0 Å². The van der Waals surface area contributed by atoms with Crippen molar-refractivity contribution in [3.8, 4) is 0 Å². The molecule has 0 aromatic heterocycles. The van der Waals surface area contributed by atoms with Gasteiger partial charge in [-0.1, -0.05) is 31.2 Å². The summed E-state index contributed by atoms with van der Waals surface area (Å²) in [5.41, 5.74) is 0.525. The van der Waals surface area contributed by atoms with E-state index in [0.29, 0.717) is 12.2 Å². The Morgan fingerprint density at radius 3 is 2.62 bits per heavy atom. The lowest BCUT2D eigenvalue weighted by molar-refractivity contribution is -0.154. The van der Waals surface area contributed by atoms with E-state index >= 15 is 0 Å². The summed E-state index contributed by atoms with van der Waals surface area (Å²) in [6.07, 6.45) is 1.05. The van der Waals surface area contributed by atoms with E-state index in [1.807, 2.05) is 26.8 Å². The fourth-order valence-corrected chi connectivity index (χ4v) is 2.30. The van der Waals surface area contributed by atoms with Gasteiger partial charge < -0.3 is 14.2 Å². The first-order valence-corrected chi connectivity index (χ1v) is 7.13. The van der Waals surface area contributed by atoms with E-state index in [1.165, 1.54) is 0 Å². The van der Waals surface area contributed by atoms with Gasteiger partial charge in [0.05, 0.1) is 12.2 Å². The van der Waals surface area contributed by atoms with Gasteiger partial charge >= 0.3 is 5.97 Å². The molecule has 0 aliphatic carbocycles. The molecule has 2 rings (SSSR count). The lowest BCUT2D eigenvalue weighted by Crippen LogP contribution is -2.38. The van der Waals surface area contributed by atoms with Crippen molar-refractivity contribution >= 4 is 5.97 Å². The van der Waals surface area contributed by atoms with Crippen molar-refractivity contribution in [1.82, 2.24) is 0 Å². The molecular weight excluding hydrogens is 268 g/mol. The summed E-state index contributed by atoms with van der Waals surface area (Å²) in [5.74, 6) is -1.04. The maximum absolute atomic E-state index is 12.2. The van der Waals surface area contributed by atoms with Crippen LogP contribution < -0.4 is 0 Å². The fourth-order valence-electron chi connectivity index (χ4n) is 2.30. The largest absolute Gasteiger partial charge is 0.455 e. The van der Waals surface area contributed by atoms with E-state index in [-0.39, 0.29) is 18.0 Å². The van der Waals surface area contributed by atoms with Gasteiger partial charge in [0.25, 0.3) is 0 Å². The van der Waals surface area contributed by atoms with Crippen molar-refractivity contribution in [2.75, 3.05) is 6.61 Å². The molecule has 1 saturated heterocycles. The third kappa shape index (κ3) is 3.93. The molecule has 1 aromatic rings. The number of hydrogen-bond acceptors (Lipinski definition) is 4. The lowest BCUT2D eigenvalue weighted by atomic mass is 10.00. The zero-order valence-electron chi connectivity index (χ0n) is 12.7. The van der Waals surface area contributed by atoms with Gasteiger partial charge in [0.1, 0.15) is 12.2 Å². The average molecular weight is 290 g/mol. The molecule has 114 valence electrons. The molecule has 4 nitrogen and oxygen atoms in total.